The Morgan fingerprint density at radius 3 is 2.06 bits per heavy atom. The van der Waals surface area contributed by atoms with Gasteiger partial charge in [-0.1, -0.05) is 82.1 Å². The van der Waals surface area contributed by atoms with Crippen molar-refractivity contribution in [2.75, 3.05) is 0 Å². The van der Waals surface area contributed by atoms with E-state index in [4.69, 9.17) is 11.6 Å². The van der Waals surface area contributed by atoms with E-state index in [2.05, 4.69) is 21.2 Å². The average molecular weight is 542 g/mol. The number of rotatable bonds is 8. The van der Waals surface area contributed by atoms with Gasteiger partial charge in [-0.15, -0.1) is 0 Å². The summed E-state index contributed by atoms with van der Waals surface area (Å²) in [6.07, 6.45) is 0.605. The normalized spacial score (nSPS) is 12.1. The molecule has 0 bridgehead atoms. The molecule has 0 aromatic heterocycles. The fourth-order valence-electron chi connectivity index (χ4n) is 3.67. The van der Waals surface area contributed by atoms with E-state index in [1.54, 1.807) is 17.0 Å². The maximum absolute atomic E-state index is 13.7. The van der Waals surface area contributed by atoms with E-state index in [-0.39, 0.29) is 18.2 Å². The summed E-state index contributed by atoms with van der Waals surface area (Å²) >= 11 is 9.49. The SMILES string of the molecule is CC(C)(C)NC(=O)[C@H](Cc1ccccc1)N(Cc1ccc(Br)cc1)C(=O)Cc1ccc(Cl)cc1. The molecule has 0 unspecified atom stereocenters. The molecule has 0 radical (unpaired) electrons. The molecule has 3 rings (SSSR count). The van der Waals surface area contributed by atoms with Crippen molar-refractivity contribution in [1.29, 1.82) is 0 Å². The highest BCUT2D eigenvalue weighted by Crippen LogP contribution is 2.19. The van der Waals surface area contributed by atoms with Gasteiger partial charge in [0.2, 0.25) is 11.8 Å². The summed E-state index contributed by atoms with van der Waals surface area (Å²) in [5.74, 6) is -0.284. The maximum Gasteiger partial charge on any atom is 0.243 e. The van der Waals surface area contributed by atoms with E-state index >= 15 is 0 Å². The lowest BCUT2D eigenvalue weighted by Gasteiger charge is -2.34. The van der Waals surface area contributed by atoms with E-state index in [1.165, 1.54) is 0 Å². The third kappa shape index (κ3) is 8.00. The predicted octanol–water partition coefficient (Wildman–Crippen LogP) is 6.20. The van der Waals surface area contributed by atoms with Crippen molar-refractivity contribution in [3.05, 3.63) is 105 Å². The van der Waals surface area contributed by atoms with Crippen LogP contribution < -0.4 is 5.32 Å². The Morgan fingerprint density at radius 1 is 0.882 bits per heavy atom. The summed E-state index contributed by atoms with van der Waals surface area (Å²) in [7, 11) is 0. The Hall–Kier alpha value is -2.63. The van der Waals surface area contributed by atoms with Crippen LogP contribution in [0.1, 0.15) is 37.5 Å². The van der Waals surface area contributed by atoms with Gasteiger partial charge in [0, 0.05) is 28.0 Å². The summed E-state index contributed by atoms with van der Waals surface area (Å²) in [6, 6.07) is 24.2. The molecule has 0 saturated carbocycles. The molecule has 0 saturated heterocycles. The standard InChI is InChI=1S/C28H30BrClN2O2/c1-28(2,3)31-27(34)25(17-20-7-5-4-6-8-20)32(19-22-9-13-23(29)14-10-22)26(33)18-21-11-15-24(30)16-12-21/h4-16,25H,17-19H2,1-3H3,(H,31,34)/t25-/m0/s1. The number of amides is 2. The zero-order chi connectivity index (χ0) is 24.7. The van der Waals surface area contributed by atoms with Crippen LogP contribution >= 0.6 is 27.5 Å². The largest absolute Gasteiger partial charge is 0.350 e. The lowest BCUT2D eigenvalue weighted by atomic mass is 10.00. The molecule has 0 fully saturated rings. The second-order valence-corrected chi connectivity index (χ2v) is 10.7. The first-order valence-electron chi connectivity index (χ1n) is 11.2. The summed E-state index contributed by atoms with van der Waals surface area (Å²) in [4.78, 5) is 28.9. The van der Waals surface area contributed by atoms with Gasteiger partial charge in [0.15, 0.2) is 0 Å². The minimum absolute atomic E-state index is 0.116. The van der Waals surface area contributed by atoms with E-state index in [0.29, 0.717) is 18.0 Å². The molecule has 6 heteroatoms. The minimum atomic E-state index is -0.662. The molecular weight excluding hydrogens is 512 g/mol. The van der Waals surface area contributed by atoms with Gasteiger partial charge in [-0.2, -0.15) is 0 Å². The smallest absolute Gasteiger partial charge is 0.243 e. The van der Waals surface area contributed by atoms with Crippen molar-refractivity contribution in [3.63, 3.8) is 0 Å². The van der Waals surface area contributed by atoms with Crippen LogP contribution in [0.25, 0.3) is 0 Å². The van der Waals surface area contributed by atoms with Crippen LogP contribution in [-0.4, -0.2) is 28.3 Å². The van der Waals surface area contributed by atoms with Gasteiger partial charge < -0.3 is 10.2 Å². The van der Waals surface area contributed by atoms with Crippen LogP contribution in [-0.2, 0) is 29.0 Å². The molecule has 4 nitrogen and oxygen atoms in total. The molecule has 178 valence electrons. The molecule has 3 aromatic rings. The first kappa shape index (κ1) is 26.0. The molecular formula is C28H30BrClN2O2. The minimum Gasteiger partial charge on any atom is -0.350 e. The average Bonchev–Trinajstić information content (AvgIpc) is 2.78. The maximum atomic E-state index is 13.7. The van der Waals surface area contributed by atoms with Gasteiger partial charge in [0.05, 0.1) is 6.42 Å². The highest BCUT2D eigenvalue weighted by atomic mass is 79.9. The van der Waals surface area contributed by atoms with Gasteiger partial charge >= 0.3 is 0 Å². The fourth-order valence-corrected chi connectivity index (χ4v) is 4.06. The van der Waals surface area contributed by atoms with Gasteiger partial charge in [-0.25, -0.2) is 0 Å². The van der Waals surface area contributed by atoms with Gasteiger partial charge in [-0.05, 0) is 61.7 Å². The van der Waals surface area contributed by atoms with Gasteiger partial charge in [0.1, 0.15) is 6.04 Å². The number of nitrogens with one attached hydrogen (secondary N) is 1. The zero-order valence-electron chi connectivity index (χ0n) is 19.7. The van der Waals surface area contributed by atoms with Crippen LogP contribution in [0.5, 0.6) is 0 Å². The monoisotopic (exact) mass is 540 g/mol. The second kappa shape index (κ2) is 11.7. The summed E-state index contributed by atoms with van der Waals surface area (Å²) in [5, 5.41) is 3.70. The Bertz CT molecular complexity index is 1090. The summed E-state index contributed by atoms with van der Waals surface area (Å²) in [6.45, 7) is 6.16. The molecule has 2 amide bonds. The summed E-state index contributed by atoms with van der Waals surface area (Å²) < 4.78 is 0.960. The Balaban J connectivity index is 1.97. The van der Waals surface area contributed by atoms with Crippen LogP contribution in [0.3, 0.4) is 0 Å². The van der Waals surface area contributed by atoms with Gasteiger partial charge in [0.25, 0.3) is 0 Å². The van der Waals surface area contributed by atoms with Crippen molar-refractivity contribution in [2.24, 2.45) is 0 Å². The molecule has 1 N–H and O–H groups in total. The first-order valence-corrected chi connectivity index (χ1v) is 12.4. The molecule has 0 aliphatic heterocycles. The van der Waals surface area contributed by atoms with Gasteiger partial charge in [-0.3, -0.25) is 9.59 Å². The lowest BCUT2D eigenvalue weighted by Crippen LogP contribution is -2.54. The second-order valence-electron chi connectivity index (χ2n) is 9.40. The Labute approximate surface area is 215 Å². The predicted molar refractivity (Wildman–Crippen MR) is 142 cm³/mol. The van der Waals surface area contributed by atoms with E-state index in [0.717, 1.165) is 21.2 Å². The highest BCUT2D eigenvalue weighted by Gasteiger charge is 2.32. The Morgan fingerprint density at radius 2 is 1.47 bits per heavy atom. The molecule has 0 heterocycles. The van der Waals surface area contributed by atoms with E-state index < -0.39 is 11.6 Å². The van der Waals surface area contributed by atoms with E-state index in [1.807, 2.05) is 87.5 Å². The first-order chi connectivity index (χ1) is 16.1. The number of nitrogens with zero attached hydrogens (tertiary/aromatic N) is 1. The number of carbonyl (C=O) groups excluding carboxylic acids is 2. The number of hydrogen-bond acceptors (Lipinski definition) is 2. The number of halogens is 2. The zero-order valence-corrected chi connectivity index (χ0v) is 22.1. The van der Waals surface area contributed by atoms with Crippen molar-refractivity contribution in [1.82, 2.24) is 10.2 Å². The summed E-state index contributed by atoms with van der Waals surface area (Å²) in [5.41, 5.74) is 2.38. The molecule has 0 aliphatic rings. The molecule has 3 aromatic carbocycles. The van der Waals surface area contributed by atoms with Crippen LogP contribution in [0.4, 0.5) is 0 Å². The van der Waals surface area contributed by atoms with Crippen molar-refractivity contribution in [2.45, 2.75) is 51.7 Å². The molecule has 34 heavy (non-hydrogen) atoms. The van der Waals surface area contributed by atoms with Crippen LogP contribution in [0.15, 0.2) is 83.3 Å². The topological polar surface area (TPSA) is 49.4 Å². The fraction of sp³-hybridized carbons (Fsp3) is 0.286. The number of benzene rings is 3. The molecule has 1 atom stereocenters. The highest BCUT2D eigenvalue weighted by molar-refractivity contribution is 9.10. The van der Waals surface area contributed by atoms with Crippen molar-refractivity contribution in [3.8, 4) is 0 Å². The number of carbonyl (C=O) groups is 2. The van der Waals surface area contributed by atoms with Crippen LogP contribution in [0.2, 0.25) is 5.02 Å². The van der Waals surface area contributed by atoms with Crippen molar-refractivity contribution < 1.29 is 9.59 Å². The van der Waals surface area contributed by atoms with E-state index in [9.17, 15) is 9.59 Å². The third-order valence-electron chi connectivity index (χ3n) is 5.30. The third-order valence-corrected chi connectivity index (χ3v) is 6.08. The quantitative estimate of drug-likeness (QED) is 0.369. The Kier molecular flexibility index (Phi) is 8.92. The van der Waals surface area contributed by atoms with Crippen LogP contribution in [0, 0.1) is 0 Å². The molecule has 0 aliphatic carbocycles. The lowest BCUT2D eigenvalue weighted by molar-refractivity contribution is -0.141. The number of hydrogen-bond donors (Lipinski definition) is 1. The van der Waals surface area contributed by atoms with Crippen molar-refractivity contribution >= 4 is 39.3 Å². The molecule has 0 spiro atoms.